The van der Waals surface area contributed by atoms with Crippen molar-refractivity contribution in [3.8, 4) is 0 Å². The van der Waals surface area contributed by atoms with Gasteiger partial charge in [0.15, 0.2) is 0 Å². The summed E-state index contributed by atoms with van der Waals surface area (Å²) in [6, 6.07) is -0.694. The minimum absolute atomic E-state index is 0.0795. The number of allylic oxidation sites excluding steroid dienone is 2. The van der Waals surface area contributed by atoms with E-state index < -0.39 is 18.2 Å². The topological polar surface area (TPSA) is 95.9 Å². The Labute approximate surface area is 336 Å². The van der Waals surface area contributed by atoms with Crippen molar-refractivity contribution in [3.63, 3.8) is 0 Å². The van der Waals surface area contributed by atoms with E-state index in [9.17, 15) is 19.8 Å². The van der Waals surface area contributed by atoms with Gasteiger partial charge in [0.05, 0.1) is 25.2 Å². The molecule has 0 aliphatic rings. The van der Waals surface area contributed by atoms with Crippen LogP contribution < -0.4 is 5.32 Å². The maximum atomic E-state index is 13.1. The van der Waals surface area contributed by atoms with Gasteiger partial charge in [-0.25, -0.2) is 0 Å². The SMILES string of the molecule is CCC/C=C\CCCCCCCC(=O)OC(CCCCCCCCCC)CC(=O)NC(CO)C(O)CCCCCCCCCCCCCCCCCCC. The molecule has 1 amide bonds. The average molecular weight is 764 g/mol. The van der Waals surface area contributed by atoms with Gasteiger partial charge in [0, 0.05) is 6.42 Å². The first-order chi connectivity index (χ1) is 26.5. The van der Waals surface area contributed by atoms with Gasteiger partial charge >= 0.3 is 5.97 Å². The molecule has 0 aromatic rings. The van der Waals surface area contributed by atoms with Crippen LogP contribution in [0.25, 0.3) is 0 Å². The first-order valence-electron chi connectivity index (χ1n) is 23.9. The summed E-state index contributed by atoms with van der Waals surface area (Å²) in [6.07, 6.45) is 45.7. The van der Waals surface area contributed by atoms with Crippen LogP contribution in [0.15, 0.2) is 12.2 Å². The number of rotatable bonds is 43. The zero-order valence-corrected chi connectivity index (χ0v) is 36.4. The Hall–Kier alpha value is -1.40. The molecule has 0 heterocycles. The van der Waals surface area contributed by atoms with E-state index in [1.807, 2.05) is 0 Å². The predicted molar refractivity (Wildman–Crippen MR) is 232 cm³/mol. The molecule has 0 rings (SSSR count). The number of carbonyl (C=O) groups is 2. The van der Waals surface area contributed by atoms with E-state index in [4.69, 9.17) is 4.74 Å². The first-order valence-corrected chi connectivity index (χ1v) is 23.9. The highest BCUT2D eigenvalue weighted by atomic mass is 16.5. The molecule has 54 heavy (non-hydrogen) atoms. The summed E-state index contributed by atoms with van der Waals surface area (Å²) in [4.78, 5) is 25.9. The molecule has 3 unspecified atom stereocenters. The lowest BCUT2D eigenvalue weighted by Crippen LogP contribution is -2.46. The molecule has 0 saturated heterocycles. The van der Waals surface area contributed by atoms with Crippen molar-refractivity contribution in [1.29, 1.82) is 0 Å². The highest BCUT2D eigenvalue weighted by molar-refractivity contribution is 5.77. The third kappa shape index (κ3) is 37.5. The van der Waals surface area contributed by atoms with Crippen LogP contribution in [0.3, 0.4) is 0 Å². The van der Waals surface area contributed by atoms with Gasteiger partial charge in [0.2, 0.25) is 5.91 Å². The Balaban J connectivity index is 4.35. The van der Waals surface area contributed by atoms with E-state index in [0.717, 1.165) is 57.8 Å². The highest BCUT2D eigenvalue weighted by Crippen LogP contribution is 2.18. The Morgan fingerprint density at radius 3 is 1.39 bits per heavy atom. The third-order valence-electron chi connectivity index (χ3n) is 11.1. The number of hydrogen-bond donors (Lipinski definition) is 3. The molecule has 0 aromatic heterocycles. The lowest BCUT2D eigenvalue weighted by molar-refractivity contribution is -0.151. The smallest absolute Gasteiger partial charge is 0.306 e. The number of nitrogens with one attached hydrogen (secondary N) is 1. The van der Waals surface area contributed by atoms with Crippen LogP contribution in [0.5, 0.6) is 0 Å². The number of amides is 1. The van der Waals surface area contributed by atoms with E-state index >= 15 is 0 Å². The van der Waals surface area contributed by atoms with Crippen LogP contribution in [0.4, 0.5) is 0 Å². The summed E-state index contributed by atoms with van der Waals surface area (Å²) in [5.74, 6) is -0.478. The van der Waals surface area contributed by atoms with Crippen molar-refractivity contribution < 1.29 is 24.5 Å². The van der Waals surface area contributed by atoms with Crippen molar-refractivity contribution in [1.82, 2.24) is 5.32 Å². The average Bonchev–Trinajstić information content (AvgIpc) is 3.16. The van der Waals surface area contributed by atoms with Crippen molar-refractivity contribution in [2.75, 3.05) is 6.61 Å². The fourth-order valence-corrected chi connectivity index (χ4v) is 7.43. The summed E-state index contributed by atoms with van der Waals surface area (Å²) >= 11 is 0. The van der Waals surface area contributed by atoms with Crippen molar-refractivity contribution >= 4 is 11.9 Å². The second kappa shape index (κ2) is 42.7. The van der Waals surface area contributed by atoms with Crippen molar-refractivity contribution in [2.45, 2.75) is 277 Å². The maximum absolute atomic E-state index is 13.1. The van der Waals surface area contributed by atoms with E-state index in [0.29, 0.717) is 19.3 Å². The molecule has 6 nitrogen and oxygen atoms in total. The fraction of sp³-hybridized carbons (Fsp3) is 0.917. The quantitative estimate of drug-likeness (QED) is 0.0326. The third-order valence-corrected chi connectivity index (χ3v) is 11.1. The molecule has 320 valence electrons. The second-order valence-corrected chi connectivity index (χ2v) is 16.5. The second-order valence-electron chi connectivity index (χ2n) is 16.5. The van der Waals surface area contributed by atoms with Gasteiger partial charge in [0.1, 0.15) is 6.10 Å². The summed E-state index contributed by atoms with van der Waals surface area (Å²) in [6.45, 7) is 6.41. The van der Waals surface area contributed by atoms with E-state index in [-0.39, 0.29) is 24.9 Å². The van der Waals surface area contributed by atoms with E-state index in [1.165, 1.54) is 154 Å². The van der Waals surface area contributed by atoms with E-state index in [2.05, 4.69) is 38.2 Å². The minimum atomic E-state index is -0.781. The summed E-state index contributed by atoms with van der Waals surface area (Å²) in [7, 11) is 0. The molecule has 0 fully saturated rings. The molecule has 0 saturated carbocycles. The Kier molecular flexibility index (Phi) is 41.6. The van der Waals surface area contributed by atoms with Gasteiger partial charge in [0.25, 0.3) is 0 Å². The monoisotopic (exact) mass is 764 g/mol. The van der Waals surface area contributed by atoms with Crippen LogP contribution in [-0.4, -0.2) is 46.9 Å². The zero-order chi connectivity index (χ0) is 39.6. The Bertz CT molecular complexity index is 817. The highest BCUT2D eigenvalue weighted by Gasteiger charge is 2.24. The number of ether oxygens (including phenoxy) is 1. The van der Waals surface area contributed by atoms with Gasteiger partial charge in [-0.15, -0.1) is 0 Å². The van der Waals surface area contributed by atoms with Crippen LogP contribution in [0, 0.1) is 0 Å². The number of aliphatic hydroxyl groups is 2. The molecule has 6 heteroatoms. The normalized spacial score (nSPS) is 13.4. The number of aliphatic hydroxyl groups excluding tert-OH is 2. The van der Waals surface area contributed by atoms with Crippen LogP contribution in [-0.2, 0) is 14.3 Å². The van der Waals surface area contributed by atoms with Gasteiger partial charge in [-0.05, 0) is 44.9 Å². The largest absolute Gasteiger partial charge is 0.462 e. The van der Waals surface area contributed by atoms with Gasteiger partial charge in [-0.1, -0.05) is 213 Å². The molecule has 3 atom stereocenters. The summed E-state index contributed by atoms with van der Waals surface area (Å²) in [5, 5.41) is 23.7. The molecule has 0 spiro atoms. The Morgan fingerprint density at radius 2 is 0.926 bits per heavy atom. The number of hydrogen-bond acceptors (Lipinski definition) is 5. The number of esters is 1. The summed E-state index contributed by atoms with van der Waals surface area (Å²) in [5.41, 5.74) is 0. The van der Waals surface area contributed by atoms with Gasteiger partial charge < -0.3 is 20.3 Å². The lowest BCUT2D eigenvalue weighted by atomic mass is 10.0. The molecular formula is C48H93NO5. The molecule has 0 aliphatic carbocycles. The molecule has 0 radical (unpaired) electrons. The summed E-state index contributed by atoms with van der Waals surface area (Å²) < 4.78 is 5.87. The number of carbonyl (C=O) groups excluding carboxylic acids is 2. The predicted octanol–water partition coefficient (Wildman–Crippen LogP) is 13.8. The molecule has 0 bridgehead atoms. The fourth-order valence-electron chi connectivity index (χ4n) is 7.43. The maximum Gasteiger partial charge on any atom is 0.306 e. The van der Waals surface area contributed by atoms with Gasteiger partial charge in [-0.2, -0.15) is 0 Å². The van der Waals surface area contributed by atoms with Crippen LogP contribution in [0.1, 0.15) is 258 Å². The molecule has 3 N–H and O–H groups in total. The Morgan fingerprint density at radius 1 is 0.519 bits per heavy atom. The minimum Gasteiger partial charge on any atom is -0.462 e. The van der Waals surface area contributed by atoms with Crippen LogP contribution >= 0.6 is 0 Å². The van der Waals surface area contributed by atoms with E-state index in [1.54, 1.807) is 0 Å². The molecule has 0 aliphatic heterocycles. The molecule has 0 aromatic carbocycles. The van der Waals surface area contributed by atoms with Crippen molar-refractivity contribution in [3.05, 3.63) is 12.2 Å². The standard InChI is InChI=1S/C48H93NO5/c1-4-7-10-13-16-19-21-22-23-24-25-26-27-28-31-34-37-40-46(51)45(43-50)49-47(52)42-44(39-36-33-30-18-15-12-9-6-3)54-48(53)41-38-35-32-29-20-17-14-11-8-5-2/h11,14,44-46,50-51H,4-10,12-13,15-43H2,1-3H3,(H,49,52)/b14-11-. The lowest BCUT2D eigenvalue weighted by Gasteiger charge is -2.24. The zero-order valence-electron chi connectivity index (χ0n) is 36.4. The van der Waals surface area contributed by atoms with Crippen LogP contribution in [0.2, 0.25) is 0 Å². The van der Waals surface area contributed by atoms with Crippen molar-refractivity contribution in [2.24, 2.45) is 0 Å². The number of unbranched alkanes of at least 4 members (excludes halogenated alkanes) is 29. The molecular weight excluding hydrogens is 671 g/mol. The first kappa shape index (κ1) is 52.6. The van der Waals surface area contributed by atoms with Gasteiger partial charge in [-0.3, -0.25) is 9.59 Å².